The average Bonchev–Trinajstić information content (AvgIpc) is 2.86. The highest BCUT2D eigenvalue weighted by molar-refractivity contribution is 5.78. The highest BCUT2D eigenvalue weighted by atomic mass is 16.2. The Labute approximate surface area is 111 Å². The summed E-state index contributed by atoms with van der Waals surface area (Å²) in [7, 11) is 1.98. The van der Waals surface area contributed by atoms with Gasteiger partial charge in [-0.3, -0.25) is 9.69 Å². The molecule has 2 rings (SSSR count). The van der Waals surface area contributed by atoms with Crippen molar-refractivity contribution in [1.29, 1.82) is 0 Å². The fourth-order valence-corrected chi connectivity index (χ4v) is 3.30. The van der Waals surface area contributed by atoms with Gasteiger partial charge in [-0.2, -0.15) is 0 Å². The van der Waals surface area contributed by atoms with E-state index in [9.17, 15) is 4.79 Å². The zero-order chi connectivity index (χ0) is 13.0. The minimum Gasteiger partial charge on any atom is -0.344 e. The predicted octanol–water partition coefficient (Wildman–Crippen LogP) is 0.929. The van der Waals surface area contributed by atoms with E-state index in [1.54, 1.807) is 0 Å². The van der Waals surface area contributed by atoms with E-state index < -0.39 is 0 Å². The molecule has 0 aromatic carbocycles. The van der Waals surface area contributed by atoms with Gasteiger partial charge in [-0.25, -0.2) is 0 Å². The number of piperidine rings is 1. The molecule has 2 aliphatic heterocycles. The fraction of sp³-hybridized carbons (Fsp3) is 0.929. The summed E-state index contributed by atoms with van der Waals surface area (Å²) < 4.78 is 0. The molecule has 0 aromatic heterocycles. The van der Waals surface area contributed by atoms with Gasteiger partial charge in [0.05, 0.1) is 0 Å². The van der Waals surface area contributed by atoms with Gasteiger partial charge in [-0.1, -0.05) is 6.92 Å². The summed E-state index contributed by atoms with van der Waals surface area (Å²) in [6.45, 7) is 7.43. The molecule has 0 saturated carbocycles. The molecule has 1 N–H and O–H groups in total. The zero-order valence-corrected chi connectivity index (χ0v) is 11.8. The van der Waals surface area contributed by atoms with Gasteiger partial charge in [0, 0.05) is 25.6 Å². The van der Waals surface area contributed by atoms with Crippen molar-refractivity contribution in [1.82, 2.24) is 15.1 Å². The Morgan fingerprint density at radius 3 is 2.72 bits per heavy atom. The van der Waals surface area contributed by atoms with Crippen LogP contribution in [0.2, 0.25) is 0 Å². The van der Waals surface area contributed by atoms with Gasteiger partial charge in [-0.05, 0) is 51.9 Å². The Kier molecular flexibility index (Phi) is 5.01. The standard InChI is InChI=1S/C14H27N3O/c1-3-17-10-4-5-13(17)11-16(2)14(18)12-6-8-15-9-7-12/h12-13,15H,3-11H2,1-2H3. The molecule has 1 atom stereocenters. The van der Waals surface area contributed by atoms with Crippen molar-refractivity contribution >= 4 is 5.91 Å². The molecule has 0 aromatic rings. The van der Waals surface area contributed by atoms with Crippen LogP contribution in [0.5, 0.6) is 0 Å². The molecule has 1 unspecified atom stereocenters. The van der Waals surface area contributed by atoms with Crippen molar-refractivity contribution in [2.24, 2.45) is 5.92 Å². The zero-order valence-electron chi connectivity index (χ0n) is 11.8. The lowest BCUT2D eigenvalue weighted by Crippen LogP contribution is -2.45. The summed E-state index contributed by atoms with van der Waals surface area (Å²) in [4.78, 5) is 16.8. The lowest BCUT2D eigenvalue weighted by atomic mass is 9.96. The number of rotatable bonds is 4. The van der Waals surface area contributed by atoms with Gasteiger partial charge in [-0.15, -0.1) is 0 Å². The topological polar surface area (TPSA) is 35.6 Å². The van der Waals surface area contributed by atoms with Crippen LogP contribution in [-0.2, 0) is 4.79 Å². The van der Waals surface area contributed by atoms with Crippen LogP contribution in [0.25, 0.3) is 0 Å². The largest absolute Gasteiger partial charge is 0.344 e. The second-order valence-corrected chi connectivity index (χ2v) is 5.67. The highest BCUT2D eigenvalue weighted by Gasteiger charge is 2.28. The quantitative estimate of drug-likeness (QED) is 0.809. The van der Waals surface area contributed by atoms with Crippen molar-refractivity contribution < 1.29 is 4.79 Å². The van der Waals surface area contributed by atoms with Gasteiger partial charge >= 0.3 is 0 Å². The van der Waals surface area contributed by atoms with Gasteiger partial charge in [0.15, 0.2) is 0 Å². The average molecular weight is 253 g/mol. The number of likely N-dealkylation sites (tertiary alicyclic amines) is 1. The Hall–Kier alpha value is -0.610. The van der Waals surface area contributed by atoms with Crippen LogP contribution in [0.1, 0.15) is 32.6 Å². The first-order chi connectivity index (χ1) is 8.72. The van der Waals surface area contributed by atoms with E-state index in [-0.39, 0.29) is 5.92 Å². The third-order valence-corrected chi connectivity index (χ3v) is 4.45. The minimum absolute atomic E-state index is 0.257. The van der Waals surface area contributed by atoms with Crippen molar-refractivity contribution in [3.8, 4) is 0 Å². The smallest absolute Gasteiger partial charge is 0.225 e. The Morgan fingerprint density at radius 2 is 2.06 bits per heavy atom. The first kappa shape index (κ1) is 13.8. The molecule has 0 aliphatic carbocycles. The molecular formula is C14H27N3O. The van der Waals surface area contributed by atoms with Crippen molar-refractivity contribution in [3.05, 3.63) is 0 Å². The number of nitrogens with zero attached hydrogens (tertiary/aromatic N) is 2. The molecule has 2 aliphatic rings. The number of carbonyl (C=O) groups excluding carboxylic acids is 1. The van der Waals surface area contributed by atoms with Crippen LogP contribution < -0.4 is 5.32 Å². The van der Waals surface area contributed by atoms with Crippen LogP contribution >= 0.6 is 0 Å². The van der Waals surface area contributed by atoms with Crippen LogP contribution in [0.3, 0.4) is 0 Å². The second kappa shape index (κ2) is 6.53. The van der Waals surface area contributed by atoms with E-state index in [0.717, 1.165) is 39.0 Å². The van der Waals surface area contributed by atoms with E-state index in [4.69, 9.17) is 0 Å². The molecular weight excluding hydrogens is 226 g/mol. The molecule has 1 amide bonds. The van der Waals surface area contributed by atoms with Crippen LogP contribution in [0.15, 0.2) is 0 Å². The van der Waals surface area contributed by atoms with Crippen molar-refractivity contribution in [2.45, 2.75) is 38.6 Å². The third kappa shape index (κ3) is 3.23. The lowest BCUT2D eigenvalue weighted by molar-refractivity contribution is -0.135. The summed E-state index contributed by atoms with van der Waals surface area (Å²) in [6.07, 6.45) is 4.54. The van der Waals surface area contributed by atoms with Gasteiger partial charge in [0.2, 0.25) is 5.91 Å². The summed E-state index contributed by atoms with van der Waals surface area (Å²) in [5.74, 6) is 0.618. The van der Waals surface area contributed by atoms with Gasteiger partial charge < -0.3 is 10.2 Å². The second-order valence-electron chi connectivity index (χ2n) is 5.67. The predicted molar refractivity (Wildman–Crippen MR) is 73.5 cm³/mol. The van der Waals surface area contributed by atoms with Gasteiger partial charge in [0.1, 0.15) is 0 Å². The number of hydrogen-bond donors (Lipinski definition) is 1. The summed E-state index contributed by atoms with van der Waals surface area (Å²) >= 11 is 0. The van der Waals surface area contributed by atoms with Crippen LogP contribution in [-0.4, -0.2) is 61.5 Å². The molecule has 104 valence electrons. The van der Waals surface area contributed by atoms with Crippen molar-refractivity contribution in [3.63, 3.8) is 0 Å². The van der Waals surface area contributed by atoms with Crippen LogP contribution in [0.4, 0.5) is 0 Å². The highest BCUT2D eigenvalue weighted by Crippen LogP contribution is 2.19. The number of amides is 1. The molecule has 0 spiro atoms. The maximum atomic E-state index is 12.4. The number of hydrogen-bond acceptors (Lipinski definition) is 3. The van der Waals surface area contributed by atoms with E-state index in [0.29, 0.717) is 11.9 Å². The first-order valence-corrected chi connectivity index (χ1v) is 7.42. The molecule has 0 radical (unpaired) electrons. The lowest BCUT2D eigenvalue weighted by Gasteiger charge is -2.31. The number of nitrogens with one attached hydrogen (secondary N) is 1. The summed E-state index contributed by atoms with van der Waals surface area (Å²) in [6, 6.07) is 0.589. The third-order valence-electron chi connectivity index (χ3n) is 4.45. The van der Waals surface area contributed by atoms with Crippen molar-refractivity contribution in [2.75, 3.05) is 39.8 Å². The molecule has 2 heterocycles. The SMILES string of the molecule is CCN1CCCC1CN(C)C(=O)C1CCNCC1. The summed E-state index contributed by atoms with van der Waals surface area (Å²) in [5.41, 5.74) is 0. The van der Waals surface area contributed by atoms with E-state index in [2.05, 4.69) is 17.1 Å². The Morgan fingerprint density at radius 1 is 1.33 bits per heavy atom. The Bertz CT molecular complexity index is 276. The van der Waals surface area contributed by atoms with Crippen LogP contribution in [0, 0.1) is 5.92 Å². The molecule has 0 bridgehead atoms. The molecule has 2 fully saturated rings. The first-order valence-electron chi connectivity index (χ1n) is 7.42. The fourth-order valence-electron chi connectivity index (χ4n) is 3.30. The Balaban J connectivity index is 1.82. The normalized spacial score (nSPS) is 26.4. The minimum atomic E-state index is 0.257. The number of carbonyl (C=O) groups is 1. The monoisotopic (exact) mass is 253 g/mol. The van der Waals surface area contributed by atoms with E-state index in [1.807, 2.05) is 11.9 Å². The molecule has 4 nitrogen and oxygen atoms in total. The maximum absolute atomic E-state index is 12.4. The number of likely N-dealkylation sites (N-methyl/N-ethyl adjacent to an activating group) is 2. The molecule has 2 saturated heterocycles. The maximum Gasteiger partial charge on any atom is 0.225 e. The summed E-state index contributed by atoms with van der Waals surface area (Å²) in [5, 5.41) is 3.32. The van der Waals surface area contributed by atoms with Gasteiger partial charge in [0.25, 0.3) is 0 Å². The van der Waals surface area contributed by atoms with E-state index >= 15 is 0 Å². The molecule has 18 heavy (non-hydrogen) atoms. The van der Waals surface area contributed by atoms with E-state index in [1.165, 1.54) is 19.4 Å². The molecule has 4 heteroatoms.